The van der Waals surface area contributed by atoms with Crippen molar-refractivity contribution in [2.45, 2.75) is 43.1 Å². The number of anilines is 1. The molecule has 35 heavy (non-hydrogen) atoms. The number of carbonyl (C=O) groups is 1. The minimum atomic E-state index is -3.91. The fourth-order valence-electron chi connectivity index (χ4n) is 3.82. The number of amides is 1. The van der Waals surface area contributed by atoms with Gasteiger partial charge >= 0.3 is 6.08 Å². The highest BCUT2D eigenvalue weighted by atomic mass is 32.2. The maximum atomic E-state index is 13.1. The first kappa shape index (κ1) is 26.4. The van der Waals surface area contributed by atoms with Gasteiger partial charge in [-0.25, -0.2) is 12.8 Å². The zero-order valence-electron chi connectivity index (χ0n) is 19.0. The Hall–Kier alpha value is -3.18. The summed E-state index contributed by atoms with van der Waals surface area (Å²) in [5.74, 6) is -1.85. The Morgan fingerprint density at radius 2 is 1.74 bits per heavy atom. The monoisotopic (exact) mass is 509 g/mol. The summed E-state index contributed by atoms with van der Waals surface area (Å²) in [5, 5.41) is 10.5. The molecule has 1 aliphatic heterocycles. The van der Waals surface area contributed by atoms with Crippen LogP contribution < -0.4 is 4.72 Å². The first-order valence-corrected chi connectivity index (χ1v) is 12.4. The van der Waals surface area contributed by atoms with Crippen LogP contribution in [-0.2, 0) is 10.0 Å². The SMILES string of the molecule is C/C=N\c1ccccc1S(=O)(=O)Nc1ccc(C(=O)N2CCC(O)(CCC(F)=C(F)F)CC2)cc1. The average molecular weight is 510 g/mol. The van der Waals surface area contributed by atoms with Gasteiger partial charge in [-0.3, -0.25) is 14.5 Å². The van der Waals surface area contributed by atoms with Crippen LogP contribution >= 0.6 is 0 Å². The number of nitrogens with zero attached hydrogens (tertiary/aromatic N) is 2. The van der Waals surface area contributed by atoms with E-state index in [1.165, 1.54) is 41.4 Å². The lowest BCUT2D eigenvalue weighted by molar-refractivity contribution is -0.0236. The number of hydrogen-bond donors (Lipinski definition) is 2. The highest BCUT2D eigenvalue weighted by Gasteiger charge is 2.34. The van der Waals surface area contributed by atoms with Gasteiger partial charge < -0.3 is 10.0 Å². The van der Waals surface area contributed by atoms with E-state index in [0.29, 0.717) is 11.3 Å². The lowest BCUT2D eigenvalue weighted by atomic mass is 9.86. The van der Waals surface area contributed by atoms with Crippen molar-refractivity contribution in [3.63, 3.8) is 0 Å². The summed E-state index contributed by atoms with van der Waals surface area (Å²) in [6, 6.07) is 12.2. The number of allylic oxidation sites excluding steroid dienone is 1. The standard InChI is InChI=1S/C24H26F3N3O4S/c1-2-28-20-5-3-4-6-21(20)35(33,34)29-18-9-7-17(8-10-18)23(31)30-15-13-24(32,14-16-30)12-11-19(25)22(26)27/h2-10,29,32H,11-16H2,1H3/b28-2-. The van der Waals surface area contributed by atoms with E-state index in [4.69, 9.17) is 0 Å². The lowest BCUT2D eigenvalue weighted by Gasteiger charge is -2.38. The van der Waals surface area contributed by atoms with Crippen LogP contribution in [0.4, 0.5) is 24.5 Å². The van der Waals surface area contributed by atoms with Crippen molar-refractivity contribution in [1.82, 2.24) is 4.90 Å². The maximum absolute atomic E-state index is 13.1. The summed E-state index contributed by atoms with van der Waals surface area (Å²) in [5.41, 5.74) is -0.431. The van der Waals surface area contributed by atoms with Crippen LogP contribution in [-0.4, -0.2) is 49.2 Å². The van der Waals surface area contributed by atoms with Crippen LogP contribution in [0.25, 0.3) is 0 Å². The molecule has 11 heteroatoms. The molecule has 0 bridgehead atoms. The third-order valence-corrected chi connectivity index (χ3v) is 7.23. The average Bonchev–Trinajstić information content (AvgIpc) is 2.83. The molecular weight excluding hydrogens is 483 g/mol. The van der Waals surface area contributed by atoms with Gasteiger partial charge in [-0.05, 0) is 62.6 Å². The molecule has 0 aromatic heterocycles. The van der Waals surface area contributed by atoms with Crippen molar-refractivity contribution in [3.8, 4) is 0 Å². The summed E-state index contributed by atoms with van der Waals surface area (Å²) < 4.78 is 65.6. The number of aliphatic imine (C=N–C) groups is 1. The van der Waals surface area contributed by atoms with Gasteiger partial charge in [-0.1, -0.05) is 12.1 Å². The van der Waals surface area contributed by atoms with E-state index < -0.39 is 34.0 Å². The zero-order valence-corrected chi connectivity index (χ0v) is 19.9. The van der Waals surface area contributed by atoms with Crippen molar-refractivity contribution < 1.29 is 31.5 Å². The minimum Gasteiger partial charge on any atom is -0.390 e. The van der Waals surface area contributed by atoms with Gasteiger partial charge in [-0.15, -0.1) is 0 Å². The fourth-order valence-corrected chi connectivity index (χ4v) is 5.03. The first-order valence-electron chi connectivity index (χ1n) is 11.0. The summed E-state index contributed by atoms with van der Waals surface area (Å²) in [6.45, 7) is 2.05. The number of benzene rings is 2. The lowest BCUT2D eigenvalue weighted by Crippen LogP contribution is -2.46. The second kappa shape index (κ2) is 11.0. The fraction of sp³-hybridized carbons (Fsp3) is 0.333. The predicted molar refractivity (Wildman–Crippen MR) is 127 cm³/mol. The van der Waals surface area contributed by atoms with E-state index >= 15 is 0 Å². The molecular formula is C24H26F3N3O4S. The number of nitrogens with one attached hydrogen (secondary N) is 1. The van der Waals surface area contributed by atoms with E-state index in [9.17, 15) is 31.5 Å². The van der Waals surface area contributed by atoms with Crippen LogP contribution in [0.3, 0.4) is 0 Å². The Labute approximate surface area is 202 Å². The van der Waals surface area contributed by atoms with Crippen molar-refractivity contribution in [2.75, 3.05) is 17.8 Å². The van der Waals surface area contributed by atoms with Crippen LogP contribution in [0.15, 0.2) is 70.3 Å². The minimum absolute atomic E-state index is 0.0173. The molecule has 0 aliphatic carbocycles. The number of rotatable bonds is 8. The normalized spacial score (nSPS) is 15.7. The first-order chi connectivity index (χ1) is 16.5. The van der Waals surface area contributed by atoms with Crippen LogP contribution in [0.5, 0.6) is 0 Å². The number of sulfonamides is 1. The van der Waals surface area contributed by atoms with Gasteiger partial charge in [0.05, 0.1) is 11.3 Å². The van der Waals surface area contributed by atoms with Crippen LogP contribution in [0.1, 0.15) is 43.0 Å². The Morgan fingerprint density at radius 3 is 2.34 bits per heavy atom. The summed E-state index contributed by atoms with van der Waals surface area (Å²) in [4.78, 5) is 18.4. The van der Waals surface area contributed by atoms with E-state index in [2.05, 4.69) is 9.71 Å². The quantitative estimate of drug-likeness (QED) is 0.488. The van der Waals surface area contributed by atoms with Gasteiger partial charge in [-0.2, -0.15) is 8.78 Å². The van der Waals surface area contributed by atoms with Crippen molar-refractivity contribution in [3.05, 3.63) is 66.0 Å². The molecule has 188 valence electrons. The van der Waals surface area contributed by atoms with Crippen molar-refractivity contribution in [2.24, 2.45) is 4.99 Å². The van der Waals surface area contributed by atoms with Crippen molar-refractivity contribution in [1.29, 1.82) is 0 Å². The van der Waals surface area contributed by atoms with Gasteiger partial charge in [0, 0.05) is 37.0 Å². The largest absolute Gasteiger partial charge is 0.390 e. The van der Waals surface area contributed by atoms with E-state index in [1.807, 2.05) is 0 Å². The Balaban J connectivity index is 1.62. The molecule has 2 N–H and O–H groups in total. The van der Waals surface area contributed by atoms with Crippen molar-refractivity contribution >= 4 is 33.5 Å². The molecule has 3 rings (SSSR count). The molecule has 1 aliphatic rings. The van der Waals surface area contributed by atoms with Gasteiger partial charge in [0.25, 0.3) is 15.9 Å². The number of aliphatic hydroxyl groups is 1. The number of para-hydroxylation sites is 1. The molecule has 0 saturated carbocycles. The molecule has 7 nitrogen and oxygen atoms in total. The zero-order chi connectivity index (χ0) is 25.6. The second-order valence-electron chi connectivity index (χ2n) is 8.22. The van der Waals surface area contributed by atoms with E-state index in [1.54, 1.807) is 25.1 Å². The van der Waals surface area contributed by atoms with E-state index in [0.717, 1.165) is 0 Å². The van der Waals surface area contributed by atoms with Crippen LogP contribution in [0.2, 0.25) is 0 Å². The molecule has 1 heterocycles. The van der Waals surface area contributed by atoms with Crippen LogP contribution in [0, 0.1) is 0 Å². The number of hydrogen-bond acceptors (Lipinski definition) is 5. The number of carbonyl (C=O) groups excluding carboxylic acids is 1. The number of likely N-dealkylation sites (tertiary alicyclic amines) is 1. The summed E-state index contributed by atoms with van der Waals surface area (Å²) >= 11 is 0. The third kappa shape index (κ3) is 6.70. The summed E-state index contributed by atoms with van der Waals surface area (Å²) in [6.07, 6.45) is -1.32. The van der Waals surface area contributed by atoms with Gasteiger partial charge in [0.1, 0.15) is 4.90 Å². The Bertz CT molecular complexity index is 1220. The molecule has 0 atom stereocenters. The highest BCUT2D eigenvalue weighted by molar-refractivity contribution is 7.92. The molecule has 0 radical (unpaired) electrons. The third-order valence-electron chi connectivity index (χ3n) is 5.80. The second-order valence-corrected chi connectivity index (χ2v) is 9.87. The molecule has 2 aromatic rings. The number of piperidine rings is 1. The predicted octanol–water partition coefficient (Wildman–Crippen LogP) is 5.03. The summed E-state index contributed by atoms with van der Waals surface area (Å²) in [7, 11) is -3.91. The molecule has 0 unspecified atom stereocenters. The van der Waals surface area contributed by atoms with Gasteiger partial charge in [0.15, 0.2) is 5.83 Å². The topological polar surface area (TPSA) is 99.1 Å². The van der Waals surface area contributed by atoms with E-state index in [-0.39, 0.29) is 48.8 Å². The smallest absolute Gasteiger partial charge is 0.301 e. The molecule has 0 spiro atoms. The molecule has 1 fully saturated rings. The Kier molecular flexibility index (Phi) is 8.34. The molecule has 2 aromatic carbocycles. The molecule has 1 saturated heterocycles. The van der Waals surface area contributed by atoms with Gasteiger partial charge in [0.2, 0.25) is 0 Å². The maximum Gasteiger partial charge on any atom is 0.301 e. The Morgan fingerprint density at radius 1 is 1.11 bits per heavy atom. The number of halogens is 3. The highest BCUT2D eigenvalue weighted by Crippen LogP contribution is 2.31. The molecule has 1 amide bonds.